The molecule has 1 aromatic heterocycles. The van der Waals surface area contributed by atoms with Crippen molar-refractivity contribution in [2.45, 2.75) is 19.6 Å². The SMILES string of the molecule is C[C@@H](OC(=O)c1ccccc1NCc1ccco1)C(=O)c1ccc(Cl)cc1. The van der Waals surface area contributed by atoms with Gasteiger partial charge in [0.05, 0.1) is 18.4 Å². The first-order valence-electron chi connectivity index (χ1n) is 8.40. The van der Waals surface area contributed by atoms with Crippen LogP contribution < -0.4 is 5.32 Å². The van der Waals surface area contributed by atoms with E-state index in [0.29, 0.717) is 28.4 Å². The van der Waals surface area contributed by atoms with Crippen LogP contribution >= 0.6 is 11.6 Å². The second-order valence-corrected chi connectivity index (χ2v) is 6.33. The van der Waals surface area contributed by atoms with Crippen molar-refractivity contribution in [3.8, 4) is 0 Å². The maximum Gasteiger partial charge on any atom is 0.340 e. The lowest BCUT2D eigenvalue weighted by Crippen LogP contribution is -2.25. The predicted molar refractivity (Wildman–Crippen MR) is 103 cm³/mol. The molecule has 0 amide bonds. The van der Waals surface area contributed by atoms with Crippen LogP contribution in [0.4, 0.5) is 5.69 Å². The summed E-state index contributed by atoms with van der Waals surface area (Å²) < 4.78 is 10.7. The maximum absolute atomic E-state index is 12.6. The topological polar surface area (TPSA) is 68.5 Å². The zero-order chi connectivity index (χ0) is 19.2. The lowest BCUT2D eigenvalue weighted by molar-refractivity contribution is 0.0319. The molecule has 0 saturated carbocycles. The normalized spacial score (nSPS) is 11.6. The monoisotopic (exact) mass is 383 g/mol. The number of carbonyl (C=O) groups is 2. The van der Waals surface area contributed by atoms with E-state index in [0.717, 1.165) is 5.76 Å². The molecule has 1 atom stereocenters. The summed E-state index contributed by atoms with van der Waals surface area (Å²) in [6.45, 7) is 1.98. The van der Waals surface area contributed by atoms with Gasteiger partial charge in [-0.05, 0) is 55.5 Å². The van der Waals surface area contributed by atoms with Gasteiger partial charge in [0, 0.05) is 16.3 Å². The number of hydrogen-bond donors (Lipinski definition) is 1. The number of rotatable bonds is 7. The first-order chi connectivity index (χ1) is 13.0. The summed E-state index contributed by atoms with van der Waals surface area (Å²) in [5.74, 6) is -0.127. The van der Waals surface area contributed by atoms with Gasteiger partial charge >= 0.3 is 5.97 Å². The van der Waals surface area contributed by atoms with Crippen molar-refractivity contribution in [1.29, 1.82) is 0 Å². The summed E-state index contributed by atoms with van der Waals surface area (Å²) >= 11 is 5.83. The first kappa shape index (κ1) is 18.7. The number of esters is 1. The minimum Gasteiger partial charge on any atom is -0.467 e. The van der Waals surface area contributed by atoms with Gasteiger partial charge in [0.25, 0.3) is 0 Å². The van der Waals surface area contributed by atoms with Crippen LogP contribution in [0.15, 0.2) is 71.3 Å². The average molecular weight is 384 g/mol. The lowest BCUT2D eigenvalue weighted by atomic mass is 10.1. The van der Waals surface area contributed by atoms with Crippen LogP contribution in [0.2, 0.25) is 5.02 Å². The molecular weight excluding hydrogens is 366 g/mol. The minimum absolute atomic E-state index is 0.291. The summed E-state index contributed by atoms with van der Waals surface area (Å²) in [5, 5.41) is 3.68. The van der Waals surface area contributed by atoms with Crippen LogP contribution in [-0.4, -0.2) is 17.9 Å². The van der Waals surface area contributed by atoms with Crippen molar-refractivity contribution in [3.63, 3.8) is 0 Å². The number of anilines is 1. The zero-order valence-corrected chi connectivity index (χ0v) is 15.4. The summed E-state index contributed by atoms with van der Waals surface area (Å²) in [5.41, 5.74) is 1.38. The molecule has 0 fully saturated rings. The number of carbonyl (C=O) groups excluding carboxylic acids is 2. The summed E-state index contributed by atoms with van der Waals surface area (Å²) in [4.78, 5) is 25.0. The quantitative estimate of drug-likeness (QED) is 0.460. The molecule has 0 spiro atoms. The molecule has 5 nitrogen and oxygen atoms in total. The van der Waals surface area contributed by atoms with Crippen molar-refractivity contribution in [2.75, 3.05) is 5.32 Å². The molecule has 0 aliphatic carbocycles. The molecular formula is C21H18ClNO4. The highest BCUT2D eigenvalue weighted by Crippen LogP contribution is 2.19. The van der Waals surface area contributed by atoms with Crippen molar-refractivity contribution >= 4 is 29.0 Å². The number of benzene rings is 2. The molecule has 0 saturated heterocycles. The predicted octanol–water partition coefficient (Wildman–Crippen LogP) is 4.97. The highest BCUT2D eigenvalue weighted by Gasteiger charge is 2.22. The number of para-hydroxylation sites is 1. The van der Waals surface area contributed by atoms with Crippen LogP contribution in [0.3, 0.4) is 0 Å². The highest BCUT2D eigenvalue weighted by molar-refractivity contribution is 6.30. The molecule has 2 aromatic carbocycles. The van der Waals surface area contributed by atoms with E-state index in [1.54, 1.807) is 61.7 Å². The molecule has 27 heavy (non-hydrogen) atoms. The third-order valence-electron chi connectivity index (χ3n) is 3.96. The van der Waals surface area contributed by atoms with Gasteiger partial charge in [0.15, 0.2) is 6.10 Å². The van der Waals surface area contributed by atoms with E-state index in [4.69, 9.17) is 20.8 Å². The number of halogens is 1. The number of furan rings is 1. The summed E-state index contributed by atoms with van der Waals surface area (Å²) in [6.07, 6.45) is 0.665. The Hall–Kier alpha value is -3.05. The number of nitrogens with one attached hydrogen (secondary N) is 1. The molecule has 138 valence electrons. The van der Waals surface area contributed by atoms with E-state index < -0.39 is 12.1 Å². The van der Waals surface area contributed by atoms with E-state index in [1.165, 1.54) is 0 Å². The Morgan fingerprint density at radius 3 is 2.52 bits per heavy atom. The standard InChI is InChI=1S/C21H18ClNO4/c1-14(20(24)15-8-10-16(22)11-9-15)27-21(25)18-6-2-3-7-19(18)23-13-17-5-4-12-26-17/h2-12,14,23H,13H2,1H3/t14-/m1/s1. The third-order valence-corrected chi connectivity index (χ3v) is 4.21. The van der Waals surface area contributed by atoms with Crippen LogP contribution in [0.5, 0.6) is 0 Å². The van der Waals surface area contributed by atoms with E-state index in [1.807, 2.05) is 12.1 Å². The minimum atomic E-state index is -0.920. The van der Waals surface area contributed by atoms with Crippen molar-refractivity contribution in [3.05, 3.63) is 88.8 Å². The Morgan fingerprint density at radius 1 is 1.07 bits per heavy atom. The molecule has 0 aliphatic rings. The number of ketones is 1. The van der Waals surface area contributed by atoms with E-state index in [-0.39, 0.29) is 5.78 Å². The third kappa shape index (κ3) is 4.77. The van der Waals surface area contributed by atoms with Crippen LogP contribution in [0.25, 0.3) is 0 Å². The molecule has 3 aromatic rings. The van der Waals surface area contributed by atoms with Gasteiger partial charge in [-0.15, -0.1) is 0 Å². The second-order valence-electron chi connectivity index (χ2n) is 5.90. The molecule has 0 radical (unpaired) electrons. The molecule has 3 rings (SSSR count). The van der Waals surface area contributed by atoms with Gasteiger partial charge < -0.3 is 14.5 Å². The van der Waals surface area contributed by atoms with Crippen LogP contribution in [-0.2, 0) is 11.3 Å². The summed E-state index contributed by atoms with van der Waals surface area (Å²) in [6, 6.07) is 17.0. The Morgan fingerprint density at radius 2 is 1.81 bits per heavy atom. The van der Waals surface area contributed by atoms with E-state index >= 15 is 0 Å². The van der Waals surface area contributed by atoms with Gasteiger partial charge in [-0.25, -0.2) is 4.79 Å². The van der Waals surface area contributed by atoms with Gasteiger partial charge in [-0.2, -0.15) is 0 Å². The molecule has 0 aliphatic heterocycles. The summed E-state index contributed by atoms with van der Waals surface area (Å²) in [7, 11) is 0. The largest absolute Gasteiger partial charge is 0.467 e. The fourth-order valence-corrected chi connectivity index (χ4v) is 2.66. The Labute approximate surface area is 161 Å². The van der Waals surface area contributed by atoms with Crippen molar-refractivity contribution in [1.82, 2.24) is 0 Å². The van der Waals surface area contributed by atoms with Crippen LogP contribution in [0.1, 0.15) is 33.4 Å². The Balaban J connectivity index is 1.68. The molecule has 0 unspecified atom stereocenters. The number of Topliss-reactive ketones (excluding diaryl/α,β-unsaturated/α-hetero) is 1. The smallest absolute Gasteiger partial charge is 0.340 e. The fraction of sp³-hybridized carbons (Fsp3) is 0.143. The average Bonchev–Trinajstić information content (AvgIpc) is 3.20. The number of hydrogen-bond acceptors (Lipinski definition) is 5. The fourth-order valence-electron chi connectivity index (χ4n) is 2.54. The van der Waals surface area contributed by atoms with Gasteiger partial charge in [-0.1, -0.05) is 23.7 Å². The first-order valence-corrected chi connectivity index (χ1v) is 8.78. The lowest BCUT2D eigenvalue weighted by Gasteiger charge is -2.15. The second kappa shape index (κ2) is 8.56. The molecule has 6 heteroatoms. The van der Waals surface area contributed by atoms with Crippen LogP contribution in [0, 0.1) is 0 Å². The maximum atomic E-state index is 12.6. The Bertz CT molecular complexity index is 920. The zero-order valence-electron chi connectivity index (χ0n) is 14.6. The number of ether oxygens (including phenoxy) is 1. The Kier molecular flexibility index (Phi) is 5.94. The van der Waals surface area contributed by atoms with E-state index in [9.17, 15) is 9.59 Å². The van der Waals surface area contributed by atoms with Gasteiger partial charge in [-0.3, -0.25) is 4.79 Å². The van der Waals surface area contributed by atoms with Gasteiger partial charge in [0.1, 0.15) is 5.76 Å². The molecule has 1 heterocycles. The molecule has 1 N–H and O–H groups in total. The van der Waals surface area contributed by atoms with Gasteiger partial charge in [0.2, 0.25) is 5.78 Å². The highest BCUT2D eigenvalue weighted by atomic mass is 35.5. The molecule has 0 bridgehead atoms. The van der Waals surface area contributed by atoms with Crippen molar-refractivity contribution < 1.29 is 18.7 Å². The van der Waals surface area contributed by atoms with Crippen molar-refractivity contribution in [2.24, 2.45) is 0 Å². The van der Waals surface area contributed by atoms with E-state index in [2.05, 4.69) is 5.32 Å².